The lowest BCUT2D eigenvalue weighted by molar-refractivity contribution is 0.0699. The first-order chi connectivity index (χ1) is 11.9. The molecule has 0 spiro atoms. The number of fused-ring (bicyclic) bond motifs is 1. The van der Waals surface area contributed by atoms with Crippen molar-refractivity contribution in [3.63, 3.8) is 0 Å². The molecular weight excluding hydrogens is 310 g/mol. The Bertz CT molecular complexity index is 960. The van der Waals surface area contributed by atoms with Gasteiger partial charge >= 0.3 is 5.97 Å². The molecular formula is C22H23NO2. The molecule has 25 heavy (non-hydrogen) atoms. The number of pyridine rings is 1. The first kappa shape index (κ1) is 17.2. The predicted molar refractivity (Wildman–Crippen MR) is 102 cm³/mol. The van der Waals surface area contributed by atoms with E-state index in [9.17, 15) is 9.90 Å². The van der Waals surface area contributed by atoms with Gasteiger partial charge in [0.05, 0.1) is 16.8 Å². The summed E-state index contributed by atoms with van der Waals surface area (Å²) in [6.07, 6.45) is 1.02. The Morgan fingerprint density at radius 3 is 2.52 bits per heavy atom. The molecule has 1 unspecified atom stereocenters. The predicted octanol–water partition coefficient (Wildman–Crippen LogP) is 5.73. The van der Waals surface area contributed by atoms with E-state index in [0.717, 1.165) is 28.6 Å². The molecule has 2 aromatic carbocycles. The molecule has 0 aliphatic rings. The van der Waals surface area contributed by atoms with E-state index in [0.29, 0.717) is 22.6 Å². The van der Waals surface area contributed by atoms with Crippen molar-refractivity contribution in [2.75, 3.05) is 0 Å². The highest BCUT2D eigenvalue weighted by Gasteiger charge is 2.15. The second-order valence-electron chi connectivity index (χ2n) is 6.76. The lowest BCUT2D eigenvalue weighted by Crippen LogP contribution is -2.02. The minimum Gasteiger partial charge on any atom is -0.478 e. The van der Waals surface area contributed by atoms with Crippen LogP contribution in [-0.2, 0) is 0 Å². The summed E-state index contributed by atoms with van der Waals surface area (Å²) in [5.41, 5.74) is 6.14. The van der Waals surface area contributed by atoms with Crippen LogP contribution >= 0.6 is 0 Å². The van der Waals surface area contributed by atoms with Crippen LogP contribution in [0.2, 0.25) is 0 Å². The molecule has 0 fully saturated rings. The Labute approximate surface area is 148 Å². The monoisotopic (exact) mass is 333 g/mol. The van der Waals surface area contributed by atoms with Gasteiger partial charge in [-0.25, -0.2) is 9.78 Å². The van der Waals surface area contributed by atoms with Crippen LogP contribution in [0.4, 0.5) is 0 Å². The first-order valence-electron chi connectivity index (χ1n) is 8.66. The highest BCUT2D eigenvalue weighted by molar-refractivity contribution is 6.04. The number of aryl methyl sites for hydroxylation is 2. The maximum absolute atomic E-state index is 11.9. The molecule has 0 bridgehead atoms. The van der Waals surface area contributed by atoms with Crippen LogP contribution in [-0.4, -0.2) is 16.1 Å². The van der Waals surface area contributed by atoms with Crippen LogP contribution in [0.3, 0.4) is 0 Å². The Balaban J connectivity index is 2.25. The van der Waals surface area contributed by atoms with Crippen LogP contribution in [0, 0.1) is 13.8 Å². The van der Waals surface area contributed by atoms with Crippen LogP contribution in [0.5, 0.6) is 0 Å². The van der Waals surface area contributed by atoms with Gasteiger partial charge in [-0.2, -0.15) is 0 Å². The highest BCUT2D eigenvalue weighted by atomic mass is 16.4. The molecule has 3 heteroatoms. The van der Waals surface area contributed by atoms with Gasteiger partial charge in [0.1, 0.15) is 0 Å². The number of hydrogen-bond donors (Lipinski definition) is 1. The van der Waals surface area contributed by atoms with Gasteiger partial charge in [-0.15, -0.1) is 0 Å². The summed E-state index contributed by atoms with van der Waals surface area (Å²) in [5, 5.41) is 10.4. The fourth-order valence-corrected chi connectivity index (χ4v) is 3.20. The zero-order chi connectivity index (χ0) is 18.1. The summed E-state index contributed by atoms with van der Waals surface area (Å²) >= 11 is 0. The fourth-order valence-electron chi connectivity index (χ4n) is 3.20. The summed E-state index contributed by atoms with van der Waals surface area (Å²) in [6.45, 7) is 8.36. The number of nitrogens with zero attached hydrogens (tertiary/aromatic N) is 1. The van der Waals surface area contributed by atoms with Crippen molar-refractivity contribution in [1.29, 1.82) is 0 Å². The Hall–Kier alpha value is -2.68. The molecule has 0 aliphatic carbocycles. The number of rotatable bonds is 4. The summed E-state index contributed by atoms with van der Waals surface area (Å²) < 4.78 is 0. The van der Waals surface area contributed by atoms with Crippen LogP contribution in [0.25, 0.3) is 22.2 Å². The number of carboxylic acid groups (broad SMARTS) is 1. The van der Waals surface area contributed by atoms with E-state index in [1.807, 2.05) is 38.1 Å². The van der Waals surface area contributed by atoms with E-state index in [4.69, 9.17) is 4.98 Å². The molecule has 3 rings (SSSR count). The van der Waals surface area contributed by atoms with E-state index in [2.05, 4.69) is 26.0 Å². The SMILES string of the molecule is CCC(C)c1ccc2nc(-c3ccc(C)cc3C)cc(C(=O)O)c2c1. The molecule has 0 aliphatic heterocycles. The van der Waals surface area contributed by atoms with Crippen molar-refractivity contribution in [2.45, 2.75) is 40.0 Å². The number of aromatic nitrogens is 1. The lowest BCUT2D eigenvalue weighted by atomic mass is 9.94. The van der Waals surface area contributed by atoms with E-state index in [1.165, 1.54) is 5.56 Å². The molecule has 1 N–H and O–H groups in total. The number of carboxylic acids is 1. The van der Waals surface area contributed by atoms with Crippen LogP contribution < -0.4 is 0 Å². The summed E-state index contributed by atoms with van der Waals surface area (Å²) in [4.78, 5) is 16.6. The average molecular weight is 333 g/mol. The molecule has 1 aromatic heterocycles. The summed E-state index contributed by atoms with van der Waals surface area (Å²) in [5.74, 6) is -0.523. The topological polar surface area (TPSA) is 50.2 Å². The normalized spacial score (nSPS) is 12.3. The Morgan fingerprint density at radius 2 is 1.88 bits per heavy atom. The van der Waals surface area contributed by atoms with Crippen LogP contribution in [0.15, 0.2) is 42.5 Å². The largest absolute Gasteiger partial charge is 0.478 e. The van der Waals surface area contributed by atoms with Crippen molar-refractivity contribution in [1.82, 2.24) is 4.98 Å². The number of benzene rings is 2. The van der Waals surface area contributed by atoms with Crippen molar-refractivity contribution < 1.29 is 9.90 Å². The molecule has 0 saturated heterocycles. The minimum atomic E-state index is -0.917. The van der Waals surface area contributed by atoms with Gasteiger partial charge in [-0.1, -0.05) is 43.7 Å². The third-order valence-corrected chi connectivity index (χ3v) is 4.90. The number of carbonyl (C=O) groups is 1. The lowest BCUT2D eigenvalue weighted by Gasteiger charge is -2.13. The van der Waals surface area contributed by atoms with Gasteiger partial charge in [0.25, 0.3) is 0 Å². The van der Waals surface area contributed by atoms with Gasteiger partial charge in [-0.05, 0) is 55.5 Å². The first-order valence-corrected chi connectivity index (χ1v) is 8.66. The smallest absolute Gasteiger partial charge is 0.336 e. The molecule has 0 radical (unpaired) electrons. The van der Waals surface area contributed by atoms with E-state index >= 15 is 0 Å². The molecule has 128 valence electrons. The maximum Gasteiger partial charge on any atom is 0.336 e. The van der Waals surface area contributed by atoms with Crippen molar-refractivity contribution in [2.24, 2.45) is 0 Å². The third-order valence-electron chi connectivity index (χ3n) is 4.90. The molecule has 1 heterocycles. The van der Waals surface area contributed by atoms with Gasteiger partial charge in [0, 0.05) is 10.9 Å². The zero-order valence-corrected chi connectivity index (χ0v) is 15.1. The van der Waals surface area contributed by atoms with Gasteiger partial charge < -0.3 is 5.11 Å². The fraction of sp³-hybridized carbons (Fsp3) is 0.273. The van der Waals surface area contributed by atoms with Crippen molar-refractivity contribution in [3.05, 3.63) is 64.7 Å². The Morgan fingerprint density at radius 1 is 1.12 bits per heavy atom. The standard InChI is InChI=1S/C22H23NO2/c1-5-14(3)16-7-9-20-18(11-16)19(22(24)25)12-21(23-20)17-8-6-13(2)10-15(17)4/h6-12,14H,5H2,1-4H3,(H,24,25). The van der Waals surface area contributed by atoms with Gasteiger partial charge in [0.2, 0.25) is 0 Å². The van der Waals surface area contributed by atoms with E-state index in [1.54, 1.807) is 6.07 Å². The van der Waals surface area contributed by atoms with E-state index in [-0.39, 0.29) is 0 Å². The molecule has 1 atom stereocenters. The summed E-state index contributed by atoms with van der Waals surface area (Å²) in [7, 11) is 0. The van der Waals surface area contributed by atoms with Gasteiger partial charge in [0.15, 0.2) is 0 Å². The molecule has 0 amide bonds. The summed E-state index contributed by atoms with van der Waals surface area (Å²) in [6, 6.07) is 13.8. The maximum atomic E-state index is 11.9. The quantitative estimate of drug-likeness (QED) is 0.663. The molecule has 3 aromatic rings. The Kier molecular flexibility index (Phi) is 4.58. The highest BCUT2D eigenvalue weighted by Crippen LogP contribution is 2.30. The van der Waals surface area contributed by atoms with E-state index < -0.39 is 5.97 Å². The second kappa shape index (κ2) is 6.67. The second-order valence-corrected chi connectivity index (χ2v) is 6.76. The van der Waals surface area contributed by atoms with Crippen molar-refractivity contribution >= 4 is 16.9 Å². The third kappa shape index (κ3) is 3.27. The van der Waals surface area contributed by atoms with Crippen LogP contribution in [0.1, 0.15) is 53.2 Å². The minimum absolute atomic E-state index is 0.310. The molecule has 0 saturated carbocycles. The number of hydrogen-bond acceptors (Lipinski definition) is 2. The zero-order valence-electron chi connectivity index (χ0n) is 15.1. The van der Waals surface area contributed by atoms with Crippen molar-refractivity contribution in [3.8, 4) is 11.3 Å². The molecule has 3 nitrogen and oxygen atoms in total. The average Bonchev–Trinajstić information content (AvgIpc) is 2.59. The number of aromatic carboxylic acids is 1. The van der Waals surface area contributed by atoms with Gasteiger partial charge in [-0.3, -0.25) is 0 Å².